The zero-order chi connectivity index (χ0) is 12.6. The van der Waals surface area contributed by atoms with Gasteiger partial charge >= 0.3 is 0 Å². The van der Waals surface area contributed by atoms with Crippen molar-refractivity contribution in [1.29, 1.82) is 0 Å². The highest BCUT2D eigenvalue weighted by Crippen LogP contribution is 2.21. The Bertz CT molecular complexity index is 558. The molecule has 0 unspecified atom stereocenters. The maximum atomic E-state index is 13.2. The molecule has 1 aromatic carbocycles. The number of rotatable bonds is 2. The third-order valence-corrected chi connectivity index (χ3v) is 3.63. The lowest BCUT2D eigenvalue weighted by atomic mass is 10.2. The van der Waals surface area contributed by atoms with Gasteiger partial charge in [-0.3, -0.25) is 0 Å². The number of aromatic nitrogens is 1. The van der Waals surface area contributed by atoms with Gasteiger partial charge in [0.05, 0.1) is 0 Å². The normalized spacial score (nSPS) is 10.9. The Morgan fingerprint density at radius 3 is 2.53 bits per heavy atom. The van der Waals surface area contributed by atoms with Crippen molar-refractivity contribution in [2.45, 2.75) is 27.3 Å². The molecule has 0 aliphatic carbocycles. The molecule has 2 rings (SSSR count). The van der Waals surface area contributed by atoms with Gasteiger partial charge in [-0.15, -0.1) is 0 Å². The third kappa shape index (κ3) is 2.37. The second-order valence-electron chi connectivity index (χ2n) is 4.39. The van der Waals surface area contributed by atoms with Crippen LogP contribution in [0.1, 0.15) is 22.4 Å². The maximum Gasteiger partial charge on any atom is 0.123 e. The van der Waals surface area contributed by atoms with Crippen molar-refractivity contribution in [3.63, 3.8) is 0 Å². The number of benzene rings is 1. The van der Waals surface area contributed by atoms with Crippen LogP contribution in [0.4, 0.5) is 4.39 Å². The molecule has 0 radical (unpaired) electrons. The van der Waals surface area contributed by atoms with Crippen molar-refractivity contribution in [1.82, 2.24) is 4.57 Å². The fourth-order valence-corrected chi connectivity index (χ4v) is 2.12. The van der Waals surface area contributed by atoms with Gasteiger partial charge in [-0.1, -0.05) is 11.6 Å². The van der Waals surface area contributed by atoms with Gasteiger partial charge in [-0.25, -0.2) is 4.39 Å². The van der Waals surface area contributed by atoms with Gasteiger partial charge in [0, 0.05) is 23.5 Å². The van der Waals surface area contributed by atoms with Gasteiger partial charge in [0.1, 0.15) is 5.82 Å². The van der Waals surface area contributed by atoms with E-state index in [1.54, 1.807) is 6.07 Å². The molecule has 0 fully saturated rings. The van der Waals surface area contributed by atoms with Crippen molar-refractivity contribution < 1.29 is 4.39 Å². The topological polar surface area (TPSA) is 4.93 Å². The van der Waals surface area contributed by atoms with Crippen LogP contribution in [0.3, 0.4) is 0 Å². The predicted octanol–water partition coefficient (Wildman–Crippen LogP) is 4.25. The number of nitrogens with zero attached hydrogens (tertiary/aromatic N) is 1. The van der Waals surface area contributed by atoms with E-state index in [1.807, 2.05) is 0 Å². The van der Waals surface area contributed by atoms with Crippen LogP contribution in [0, 0.1) is 26.6 Å². The van der Waals surface area contributed by atoms with Gasteiger partial charge in [-0.05, 0) is 55.7 Å². The maximum absolute atomic E-state index is 13.2. The number of hydrogen-bond donors (Lipinski definition) is 0. The summed E-state index contributed by atoms with van der Waals surface area (Å²) in [5.41, 5.74) is 4.53. The summed E-state index contributed by atoms with van der Waals surface area (Å²) in [6.07, 6.45) is 2.08. The van der Waals surface area contributed by atoms with Gasteiger partial charge in [0.15, 0.2) is 0 Å². The summed E-state index contributed by atoms with van der Waals surface area (Å²) in [4.78, 5) is 0. The first-order valence-electron chi connectivity index (χ1n) is 5.56. The largest absolute Gasteiger partial charge is 0.347 e. The van der Waals surface area contributed by atoms with Gasteiger partial charge in [0.2, 0.25) is 0 Å². The minimum atomic E-state index is -0.248. The van der Waals surface area contributed by atoms with E-state index in [0.29, 0.717) is 11.6 Å². The van der Waals surface area contributed by atoms with Crippen molar-refractivity contribution >= 4 is 11.6 Å². The lowest BCUT2D eigenvalue weighted by Gasteiger charge is -2.08. The van der Waals surface area contributed by atoms with E-state index >= 15 is 0 Å². The van der Waals surface area contributed by atoms with Crippen LogP contribution < -0.4 is 0 Å². The van der Waals surface area contributed by atoms with E-state index in [4.69, 9.17) is 11.6 Å². The van der Waals surface area contributed by atoms with Crippen molar-refractivity contribution in [2.24, 2.45) is 0 Å². The van der Waals surface area contributed by atoms with Crippen molar-refractivity contribution in [2.75, 3.05) is 0 Å². The fraction of sp³-hybridized carbons (Fsp3) is 0.286. The van der Waals surface area contributed by atoms with Crippen LogP contribution in [0.2, 0.25) is 5.02 Å². The Hall–Kier alpha value is -1.28. The second kappa shape index (κ2) is 4.53. The van der Waals surface area contributed by atoms with Gasteiger partial charge < -0.3 is 4.57 Å². The molecule has 0 aliphatic heterocycles. The molecule has 0 bridgehead atoms. The van der Waals surface area contributed by atoms with Crippen LogP contribution in [0.15, 0.2) is 24.4 Å². The Morgan fingerprint density at radius 2 is 1.94 bits per heavy atom. The summed E-state index contributed by atoms with van der Waals surface area (Å²) >= 11 is 6.07. The highest BCUT2D eigenvalue weighted by molar-refractivity contribution is 6.31. The quantitative estimate of drug-likeness (QED) is 0.752. The second-order valence-corrected chi connectivity index (χ2v) is 4.79. The van der Waals surface area contributed by atoms with Crippen LogP contribution in [0.5, 0.6) is 0 Å². The van der Waals surface area contributed by atoms with Crippen molar-refractivity contribution in [3.8, 4) is 0 Å². The SMILES string of the molecule is Cc1cn(Cc2cc(F)ccc2Cl)c(C)c1C. The molecule has 1 heterocycles. The molecule has 90 valence electrons. The van der Waals surface area contributed by atoms with E-state index < -0.39 is 0 Å². The Morgan fingerprint density at radius 1 is 1.24 bits per heavy atom. The molecule has 0 aliphatic rings. The zero-order valence-electron chi connectivity index (χ0n) is 10.2. The first-order valence-corrected chi connectivity index (χ1v) is 5.93. The van der Waals surface area contributed by atoms with Crippen LogP contribution in [0.25, 0.3) is 0 Å². The van der Waals surface area contributed by atoms with E-state index in [1.165, 1.54) is 29.0 Å². The minimum Gasteiger partial charge on any atom is -0.347 e. The molecular formula is C14H15ClFN. The molecule has 0 spiro atoms. The highest BCUT2D eigenvalue weighted by Gasteiger charge is 2.08. The van der Waals surface area contributed by atoms with Crippen molar-refractivity contribution in [3.05, 3.63) is 57.6 Å². The highest BCUT2D eigenvalue weighted by atomic mass is 35.5. The Kier molecular flexibility index (Phi) is 3.25. The monoisotopic (exact) mass is 251 g/mol. The predicted molar refractivity (Wildman–Crippen MR) is 69.2 cm³/mol. The molecule has 0 amide bonds. The van der Waals surface area contributed by atoms with Crippen LogP contribution >= 0.6 is 11.6 Å². The first-order chi connectivity index (χ1) is 7.99. The number of aryl methyl sites for hydroxylation is 1. The summed E-state index contributed by atoms with van der Waals surface area (Å²) in [5.74, 6) is -0.248. The van der Waals surface area contributed by atoms with Gasteiger partial charge in [0.25, 0.3) is 0 Å². The lowest BCUT2D eigenvalue weighted by molar-refractivity contribution is 0.623. The lowest BCUT2D eigenvalue weighted by Crippen LogP contribution is -2.01. The molecule has 0 N–H and O–H groups in total. The smallest absolute Gasteiger partial charge is 0.123 e. The summed E-state index contributed by atoms with van der Waals surface area (Å²) in [6.45, 7) is 6.84. The number of halogens is 2. The van der Waals surface area contributed by atoms with Crippen LogP contribution in [-0.2, 0) is 6.54 Å². The summed E-state index contributed by atoms with van der Waals surface area (Å²) in [7, 11) is 0. The molecule has 1 aromatic heterocycles. The molecule has 3 heteroatoms. The molecule has 0 saturated heterocycles. The Balaban J connectivity index is 2.37. The molecule has 1 nitrogen and oxygen atoms in total. The van der Waals surface area contributed by atoms with E-state index in [-0.39, 0.29) is 5.82 Å². The summed E-state index contributed by atoms with van der Waals surface area (Å²) in [5, 5.41) is 0.606. The number of hydrogen-bond acceptors (Lipinski definition) is 0. The molecule has 17 heavy (non-hydrogen) atoms. The molecule has 2 aromatic rings. The van der Waals surface area contributed by atoms with E-state index in [0.717, 1.165) is 5.56 Å². The van der Waals surface area contributed by atoms with E-state index in [2.05, 4.69) is 31.5 Å². The summed E-state index contributed by atoms with van der Waals surface area (Å²) < 4.78 is 15.3. The van der Waals surface area contributed by atoms with Crippen LogP contribution in [-0.4, -0.2) is 4.57 Å². The molecular weight excluding hydrogens is 237 g/mol. The molecule has 0 atom stereocenters. The minimum absolute atomic E-state index is 0.248. The van der Waals surface area contributed by atoms with Gasteiger partial charge in [-0.2, -0.15) is 0 Å². The summed E-state index contributed by atoms with van der Waals surface area (Å²) in [6, 6.07) is 4.47. The first kappa shape index (κ1) is 12.2. The zero-order valence-corrected chi connectivity index (χ0v) is 11.0. The molecule has 0 saturated carbocycles. The standard InChI is InChI=1S/C14H15ClFN/c1-9-7-17(11(3)10(9)2)8-12-6-13(16)4-5-14(12)15/h4-7H,8H2,1-3H3. The fourth-order valence-electron chi connectivity index (χ4n) is 1.94. The third-order valence-electron chi connectivity index (χ3n) is 3.26. The Labute approximate surface area is 106 Å². The average Bonchev–Trinajstić information content (AvgIpc) is 2.52. The van der Waals surface area contributed by atoms with E-state index in [9.17, 15) is 4.39 Å². The average molecular weight is 252 g/mol.